The molecule has 0 aromatic heterocycles. The fraction of sp³-hybridized carbons (Fsp3) is 0.633. The van der Waals surface area contributed by atoms with Gasteiger partial charge in [0, 0.05) is 95.4 Å². The third kappa shape index (κ3) is 24.5. The summed E-state index contributed by atoms with van der Waals surface area (Å²) in [6.07, 6.45) is 6.60. The number of ether oxygens (including phenoxy) is 4. The molecule has 2 N–H and O–H groups in total. The monoisotopic (exact) mass is 1600 g/mol. The molecule has 640 valence electrons. The lowest BCUT2D eigenvalue weighted by molar-refractivity contribution is -0.129. The highest BCUT2D eigenvalue weighted by Crippen LogP contribution is 2.50. The normalized spacial score (nSPS) is 17.8. The van der Waals surface area contributed by atoms with Crippen molar-refractivity contribution in [2.75, 3.05) is 74.0 Å². The van der Waals surface area contributed by atoms with Crippen LogP contribution in [0.25, 0.3) is 0 Å². The van der Waals surface area contributed by atoms with Crippen LogP contribution in [0, 0.1) is 0 Å². The molecule has 0 bridgehead atoms. The van der Waals surface area contributed by atoms with Crippen molar-refractivity contribution in [3.63, 3.8) is 0 Å². The number of likely N-dealkylation sites (tertiary alicyclic amines) is 2. The summed E-state index contributed by atoms with van der Waals surface area (Å²) in [5.41, 5.74) is 17.3. The number of anilines is 3. The number of nitrogens with zero attached hydrogens (tertiary/aromatic N) is 6. The average Bonchev–Trinajstić information content (AvgIpc) is 0.740. The number of carbonyl (C=O) groups excluding carboxylic acids is 5. The van der Waals surface area contributed by atoms with Gasteiger partial charge in [-0.1, -0.05) is 190 Å². The van der Waals surface area contributed by atoms with Crippen molar-refractivity contribution in [1.82, 2.24) is 19.6 Å². The Labute approximate surface area is 698 Å². The lowest BCUT2D eigenvalue weighted by atomic mass is 9.67. The van der Waals surface area contributed by atoms with Crippen molar-refractivity contribution >= 4 is 53.4 Å². The Balaban J connectivity index is 0.000000183. The van der Waals surface area contributed by atoms with Crippen molar-refractivity contribution in [3.8, 4) is 0 Å². The van der Waals surface area contributed by atoms with E-state index in [1.54, 1.807) is 21.6 Å². The van der Waals surface area contributed by atoms with Gasteiger partial charge in [-0.15, -0.1) is 0 Å². The van der Waals surface area contributed by atoms with Gasteiger partial charge in [0.15, 0.2) is 0 Å². The Morgan fingerprint density at radius 1 is 0.345 bits per heavy atom. The Hall–Kier alpha value is -8.28. The lowest BCUT2D eigenvalue weighted by Gasteiger charge is -2.47. The maximum atomic E-state index is 12.7. The molecule has 18 nitrogen and oxygen atoms in total. The first-order valence-corrected chi connectivity index (χ1v) is 42.7. The number of rotatable bonds is 0. The van der Waals surface area contributed by atoms with E-state index in [1.165, 1.54) is 66.2 Å². The zero-order valence-corrected chi connectivity index (χ0v) is 77.0. The second kappa shape index (κ2) is 35.0. The summed E-state index contributed by atoms with van der Waals surface area (Å²) in [6, 6.07) is 33.2. The average molecular weight is 1600 g/mol. The standard InChI is InChI=1S/C23H34N2O4.C22H34N2O2.C20H31NO2.C18H27NO2.C15H21NO/c1-21(2,3)16-7-8-17-18(15-16)25(19(26)27)14-11-23(17)9-12-24(13-10-23)20(28)29-22(4,5)6;1-20(2,3)16-7-8-17-18(15-16)23-12-9-22(17)10-13-24(14-11-22)19(25)26-21(4,5)6;1-18(2,3)14-9-10-15-16(13-14)21(12-11-20(15,7)8)17(22)23-19(4,5)6;1-17(2,3)15-8-7-13-9-10-19(12-14(13)11-15)16(20)21-18(4,5)6;1-11(17)16-8-7-12-5-6-14(15(2,3)4)9-13(12)10-16/h7-8,15H,9-14H2,1-6H3,(H,26,27);7-8,15,23H,9-14H2,1-6H3;9-10,13H,11-12H2,1-8H3;7-8,11H,9-10,12H2,1-6H3;5-6,9H,7-8,10H2,1-4H3. The molecule has 2 fully saturated rings. The van der Waals surface area contributed by atoms with E-state index >= 15 is 0 Å². The third-order valence-electron chi connectivity index (χ3n) is 23.6. The fourth-order valence-corrected chi connectivity index (χ4v) is 16.3. The molecule has 7 heterocycles. The van der Waals surface area contributed by atoms with Crippen LogP contribution >= 0.6 is 0 Å². The molecule has 2 saturated heterocycles. The molecule has 0 aliphatic carbocycles. The summed E-state index contributed by atoms with van der Waals surface area (Å²) in [5.74, 6) is 0.178. The highest BCUT2D eigenvalue weighted by atomic mass is 16.6. The fourth-order valence-electron chi connectivity index (χ4n) is 16.3. The van der Waals surface area contributed by atoms with Crippen LogP contribution < -0.4 is 15.1 Å². The predicted molar refractivity (Wildman–Crippen MR) is 473 cm³/mol. The molecule has 7 aliphatic rings. The molecule has 7 aliphatic heterocycles. The molecule has 12 rings (SSSR count). The Bertz CT molecular complexity index is 4320. The van der Waals surface area contributed by atoms with Gasteiger partial charge in [0.25, 0.3) is 0 Å². The lowest BCUT2D eigenvalue weighted by Crippen LogP contribution is -2.50. The minimum Gasteiger partial charge on any atom is -0.465 e. The van der Waals surface area contributed by atoms with Gasteiger partial charge in [0.05, 0.1) is 11.4 Å². The van der Waals surface area contributed by atoms with E-state index in [9.17, 15) is 33.9 Å². The number of benzene rings is 5. The zero-order chi connectivity index (χ0) is 86.9. The summed E-state index contributed by atoms with van der Waals surface area (Å²) >= 11 is 0. The number of hydrogen-bond acceptors (Lipinski definition) is 11. The number of carbonyl (C=O) groups is 6. The van der Waals surface area contributed by atoms with Crippen molar-refractivity contribution < 1.29 is 52.8 Å². The number of amides is 6. The zero-order valence-electron chi connectivity index (χ0n) is 77.0. The third-order valence-corrected chi connectivity index (χ3v) is 23.6. The minimum absolute atomic E-state index is 0.0517. The topological polar surface area (TPSA) is 191 Å². The van der Waals surface area contributed by atoms with E-state index in [4.69, 9.17) is 18.9 Å². The summed E-state index contributed by atoms with van der Waals surface area (Å²) in [4.78, 5) is 83.7. The van der Waals surface area contributed by atoms with E-state index in [1.807, 2.05) is 99.0 Å². The number of piperidine rings is 2. The second-order valence-corrected chi connectivity index (χ2v) is 43.4. The molecule has 6 amide bonds. The summed E-state index contributed by atoms with van der Waals surface area (Å²) in [6.45, 7) is 70.0. The van der Waals surface area contributed by atoms with Gasteiger partial charge < -0.3 is 49.0 Å². The second-order valence-electron chi connectivity index (χ2n) is 43.4. The smallest absolute Gasteiger partial charge is 0.414 e. The molecule has 2 spiro atoms. The number of fused-ring (bicyclic) bond motifs is 7. The van der Waals surface area contributed by atoms with E-state index in [0.717, 1.165) is 120 Å². The molecular weight excluding hydrogens is 1450 g/mol. The van der Waals surface area contributed by atoms with Crippen LogP contribution in [-0.4, -0.2) is 142 Å². The van der Waals surface area contributed by atoms with Crippen LogP contribution in [0.5, 0.6) is 0 Å². The van der Waals surface area contributed by atoms with Gasteiger partial charge in [0.2, 0.25) is 5.91 Å². The van der Waals surface area contributed by atoms with Gasteiger partial charge in [-0.05, 0) is 258 Å². The van der Waals surface area contributed by atoms with Crippen LogP contribution in [0.15, 0.2) is 91.0 Å². The number of carboxylic acid groups (broad SMARTS) is 1. The van der Waals surface area contributed by atoms with Gasteiger partial charge in [-0.3, -0.25) is 14.6 Å². The molecule has 0 unspecified atom stereocenters. The molecular formula is C98H147N7O11. The minimum atomic E-state index is -0.904. The number of nitrogens with one attached hydrogen (secondary N) is 1. The van der Waals surface area contributed by atoms with Crippen LogP contribution in [-0.2, 0) is 93.0 Å². The quantitative estimate of drug-likeness (QED) is 0.140. The van der Waals surface area contributed by atoms with E-state index in [2.05, 4.69) is 208 Å². The molecule has 5 aromatic carbocycles. The molecule has 0 radical (unpaired) electrons. The van der Waals surface area contributed by atoms with Crippen molar-refractivity contribution in [3.05, 3.63) is 158 Å². The summed E-state index contributed by atoms with van der Waals surface area (Å²) in [7, 11) is 0. The van der Waals surface area contributed by atoms with Crippen LogP contribution in [0.4, 0.5) is 41.0 Å². The maximum Gasteiger partial charge on any atom is 0.414 e. The molecule has 18 heteroatoms. The van der Waals surface area contributed by atoms with Crippen molar-refractivity contribution in [2.45, 2.75) is 344 Å². The van der Waals surface area contributed by atoms with Gasteiger partial charge in [0.1, 0.15) is 22.4 Å². The predicted octanol–water partition coefficient (Wildman–Crippen LogP) is 22.8. The Morgan fingerprint density at radius 3 is 1.08 bits per heavy atom. The van der Waals surface area contributed by atoms with Gasteiger partial charge >= 0.3 is 30.5 Å². The number of hydrogen-bond donors (Lipinski definition) is 2. The Morgan fingerprint density at radius 2 is 0.672 bits per heavy atom. The SMILES string of the molecule is CC(=O)N1CCc2ccc(C(C)(C)C)cc2C1.CC(C)(C)OC(=O)N1CCC(C)(C)c2ccc(C(C)(C)C)cc21.CC(C)(C)OC(=O)N1CCC2(CC1)CCN(C(=O)O)c1cc(C(C)(C)C)ccc12.CC(C)(C)OC(=O)N1CCC2(CCNc3cc(C(C)(C)C)ccc32)CC1.CC(C)(C)OC(=O)N1CCc2ccc(C(C)(C)C)cc2C1. The first kappa shape index (κ1) is 93.2. The van der Waals surface area contributed by atoms with Crippen LogP contribution in [0.2, 0.25) is 0 Å². The molecule has 0 atom stereocenters. The van der Waals surface area contributed by atoms with E-state index in [-0.39, 0.29) is 73.6 Å². The first-order chi connectivity index (χ1) is 53.1. The van der Waals surface area contributed by atoms with Gasteiger partial charge in [-0.2, -0.15) is 0 Å². The highest BCUT2D eigenvalue weighted by molar-refractivity contribution is 5.91. The Kier molecular flexibility index (Phi) is 28.1. The molecule has 116 heavy (non-hydrogen) atoms. The van der Waals surface area contributed by atoms with E-state index in [0.29, 0.717) is 32.7 Å². The highest BCUT2D eigenvalue weighted by Gasteiger charge is 2.46. The van der Waals surface area contributed by atoms with Crippen LogP contribution in [0.1, 0.15) is 319 Å². The molecule has 5 aromatic rings. The van der Waals surface area contributed by atoms with Crippen LogP contribution in [0.3, 0.4) is 0 Å². The van der Waals surface area contributed by atoms with Gasteiger partial charge in [-0.25, -0.2) is 24.0 Å². The van der Waals surface area contributed by atoms with Crippen molar-refractivity contribution in [1.29, 1.82) is 0 Å². The van der Waals surface area contributed by atoms with E-state index < -0.39 is 28.5 Å². The first-order valence-electron chi connectivity index (χ1n) is 42.7. The summed E-state index contributed by atoms with van der Waals surface area (Å²) in [5, 5.41) is 13.4. The van der Waals surface area contributed by atoms with Crippen molar-refractivity contribution in [2.24, 2.45) is 0 Å². The maximum absolute atomic E-state index is 12.7. The molecule has 0 saturated carbocycles. The summed E-state index contributed by atoms with van der Waals surface area (Å²) < 4.78 is 22.2. The largest absolute Gasteiger partial charge is 0.465 e.